The molecule has 146 valence electrons. The van der Waals surface area contributed by atoms with Crippen molar-refractivity contribution in [2.45, 2.75) is 5.09 Å². The molecule has 0 fully saturated rings. The van der Waals surface area contributed by atoms with Gasteiger partial charge in [-0.1, -0.05) is 48.0 Å². The Morgan fingerprint density at radius 3 is 2.38 bits per heavy atom. The lowest BCUT2D eigenvalue weighted by Crippen LogP contribution is -2.18. The molecule has 3 aromatic carbocycles. The highest BCUT2D eigenvalue weighted by molar-refractivity contribution is 7.92. The van der Waals surface area contributed by atoms with E-state index in [4.69, 9.17) is 16.0 Å². The molecule has 0 bridgehead atoms. The van der Waals surface area contributed by atoms with Crippen molar-refractivity contribution in [2.75, 3.05) is 10.0 Å². The Bertz CT molecular complexity index is 1270. The molecule has 1 heterocycles. The molecule has 4 aromatic rings. The SMILES string of the molecule is O=C(Nc1ccccc1)c1ccc(Cl)cc1NS(=O)(=O)c1cc2ccccc2o1. The van der Waals surface area contributed by atoms with Crippen LogP contribution in [0.2, 0.25) is 5.02 Å². The topological polar surface area (TPSA) is 88.4 Å². The molecule has 1 aromatic heterocycles. The number of benzene rings is 3. The van der Waals surface area contributed by atoms with Gasteiger partial charge in [-0.25, -0.2) is 0 Å². The highest BCUT2D eigenvalue weighted by atomic mass is 35.5. The maximum atomic E-state index is 12.8. The lowest BCUT2D eigenvalue weighted by Gasteiger charge is -2.12. The van der Waals surface area contributed by atoms with Gasteiger partial charge < -0.3 is 9.73 Å². The van der Waals surface area contributed by atoms with Crippen molar-refractivity contribution in [1.29, 1.82) is 0 Å². The smallest absolute Gasteiger partial charge is 0.295 e. The van der Waals surface area contributed by atoms with Crippen LogP contribution < -0.4 is 10.0 Å². The van der Waals surface area contributed by atoms with Crippen LogP contribution in [0.15, 0.2) is 88.4 Å². The molecule has 0 saturated heterocycles. The van der Waals surface area contributed by atoms with E-state index in [2.05, 4.69) is 10.0 Å². The highest BCUT2D eigenvalue weighted by Crippen LogP contribution is 2.28. The molecule has 8 heteroatoms. The third-order valence-electron chi connectivity index (χ3n) is 4.17. The highest BCUT2D eigenvalue weighted by Gasteiger charge is 2.23. The number of fused-ring (bicyclic) bond motifs is 1. The predicted octanol–water partition coefficient (Wildman–Crippen LogP) is 5.14. The fourth-order valence-electron chi connectivity index (χ4n) is 2.80. The van der Waals surface area contributed by atoms with Crippen molar-refractivity contribution in [2.24, 2.45) is 0 Å². The fraction of sp³-hybridized carbons (Fsp3) is 0. The Kier molecular flexibility index (Phi) is 5.00. The van der Waals surface area contributed by atoms with Crippen LogP contribution in [0, 0.1) is 0 Å². The summed E-state index contributed by atoms with van der Waals surface area (Å²) >= 11 is 6.03. The first-order chi connectivity index (χ1) is 13.9. The summed E-state index contributed by atoms with van der Waals surface area (Å²) in [6, 6.07) is 21.6. The van der Waals surface area contributed by atoms with Gasteiger partial charge in [0, 0.05) is 22.2 Å². The van der Waals surface area contributed by atoms with Gasteiger partial charge in [0.05, 0.1) is 11.3 Å². The van der Waals surface area contributed by atoms with E-state index in [1.54, 1.807) is 48.5 Å². The molecule has 0 saturated carbocycles. The van der Waals surface area contributed by atoms with Gasteiger partial charge in [0.15, 0.2) is 0 Å². The summed E-state index contributed by atoms with van der Waals surface area (Å²) in [4.78, 5) is 12.7. The number of carbonyl (C=O) groups excluding carboxylic acids is 1. The standard InChI is InChI=1S/C21H15ClN2O4S/c22-15-10-11-17(21(25)23-16-7-2-1-3-8-16)18(13-15)24-29(26,27)20-12-14-6-4-5-9-19(14)28-20/h1-13,24H,(H,23,25). The molecule has 2 N–H and O–H groups in total. The Balaban J connectivity index is 1.67. The van der Waals surface area contributed by atoms with Gasteiger partial charge in [-0.15, -0.1) is 0 Å². The lowest BCUT2D eigenvalue weighted by molar-refractivity contribution is 0.102. The molecule has 4 rings (SSSR count). The molecule has 6 nitrogen and oxygen atoms in total. The molecule has 29 heavy (non-hydrogen) atoms. The van der Waals surface area contributed by atoms with Crippen LogP contribution in [0.25, 0.3) is 11.0 Å². The Morgan fingerprint density at radius 2 is 1.62 bits per heavy atom. The zero-order valence-electron chi connectivity index (χ0n) is 14.9. The molecule has 0 unspecified atom stereocenters. The summed E-state index contributed by atoms with van der Waals surface area (Å²) in [5.74, 6) is -0.477. The molecule has 0 aliphatic carbocycles. The lowest BCUT2D eigenvalue weighted by atomic mass is 10.1. The molecule has 0 spiro atoms. The van der Waals surface area contributed by atoms with E-state index in [0.717, 1.165) is 0 Å². The molecular weight excluding hydrogens is 412 g/mol. The second-order valence-corrected chi connectivity index (χ2v) is 8.27. The average molecular weight is 427 g/mol. The van der Waals surface area contributed by atoms with Gasteiger partial charge in [-0.2, -0.15) is 8.42 Å². The number of nitrogens with one attached hydrogen (secondary N) is 2. The van der Waals surface area contributed by atoms with E-state index < -0.39 is 15.9 Å². The monoisotopic (exact) mass is 426 g/mol. The second kappa shape index (κ2) is 7.62. The number of sulfonamides is 1. The largest absolute Gasteiger partial charge is 0.443 e. The third-order valence-corrected chi connectivity index (χ3v) is 5.62. The first-order valence-electron chi connectivity index (χ1n) is 8.60. The number of halogens is 1. The third kappa shape index (κ3) is 4.11. The van der Waals surface area contributed by atoms with Crippen molar-refractivity contribution in [3.63, 3.8) is 0 Å². The van der Waals surface area contributed by atoms with E-state index in [9.17, 15) is 13.2 Å². The van der Waals surface area contributed by atoms with Crippen LogP contribution >= 0.6 is 11.6 Å². The summed E-state index contributed by atoms with van der Waals surface area (Å²) in [5.41, 5.74) is 1.20. The molecule has 1 amide bonds. The number of rotatable bonds is 5. The van der Waals surface area contributed by atoms with Gasteiger partial charge in [0.2, 0.25) is 5.09 Å². The second-order valence-electron chi connectivity index (χ2n) is 6.22. The van der Waals surface area contributed by atoms with Crippen LogP contribution in [0.1, 0.15) is 10.4 Å². The maximum absolute atomic E-state index is 12.8. The van der Waals surface area contributed by atoms with Crippen LogP contribution in [0.4, 0.5) is 11.4 Å². The van der Waals surface area contributed by atoms with Crippen molar-refractivity contribution in [1.82, 2.24) is 0 Å². The maximum Gasteiger partial charge on any atom is 0.295 e. The van der Waals surface area contributed by atoms with E-state index >= 15 is 0 Å². The van der Waals surface area contributed by atoms with Gasteiger partial charge in [0.25, 0.3) is 15.9 Å². The molecule has 0 radical (unpaired) electrons. The number of hydrogen-bond acceptors (Lipinski definition) is 4. The first-order valence-corrected chi connectivity index (χ1v) is 10.5. The number of amides is 1. The minimum absolute atomic E-state index is 0.0476. The Labute approximate surface area is 172 Å². The van der Waals surface area contributed by atoms with E-state index in [1.807, 2.05) is 6.07 Å². The molecule has 0 atom stereocenters. The zero-order chi connectivity index (χ0) is 20.4. The number of furan rings is 1. The van der Waals surface area contributed by atoms with E-state index in [0.29, 0.717) is 16.7 Å². The minimum atomic E-state index is -4.08. The first kappa shape index (κ1) is 19.0. The van der Waals surface area contributed by atoms with E-state index in [1.165, 1.54) is 24.3 Å². The summed E-state index contributed by atoms with van der Waals surface area (Å²) in [6.45, 7) is 0. The van der Waals surface area contributed by atoms with Crippen LogP contribution in [-0.4, -0.2) is 14.3 Å². The summed E-state index contributed by atoms with van der Waals surface area (Å²) in [7, 11) is -4.08. The number of carbonyl (C=O) groups is 1. The van der Waals surface area contributed by atoms with Crippen molar-refractivity contribution >= 4 is 49.9 Å². The van der Waals surface area contributed by atoms with Gasteiger partial charge in [-0.3, -0.25) is 9.52 Å². The summed E-state index contributed by atoms with van der Waals surface area (Å²) < 4.78 is 33.5. The van der Waals surface area contributed by atoms with Gasteiger partial charge in [0.1, 0.15) is 5.58 Å². The van der Waals surface area contributed by atoms with Crippen molar-refractivity contribution in [3.8, 4) is 0 Å². The average Bonchev–Trinajstić information content (AvgIpc) is 3.14. The van der Waals surface area contributed by atoms with Crippen molar-refractivity contribution in [3.05, 3.63) is 89.4 Å². The van der Waals surface area contributed by atoms with E-state index in [-0.39, 0.29) is 21.4 Å². The molecule has 0 aliphatic rings. The quantitative estimate of drug-likeness (QED) is 0.462. The predicted molar refractivity (Wildman–Crippen MR) is 113 cm³/mol. The van der Waals surface area contributed by atoms with Crippen LogP contribution in [0.5, 0.6) is 0 Å². The normalized spacial score (nSPS) is 11.3. The summed E-state index contributed by atoms with van der Waals surface area (Å²) in [5, 5.41) is 3.40. The van der Waals surface area contributed by atoms with Gasteiger partial charge >= 0.3 is 0 Å². The number of para-hydroxylation sites is 2. The summed E-state index contributed by atoms with van der Waals surface area (Å²) in [6.07, 6.45) is 0. The van der Waals surface area contributed by atoms with Crippen LogP contribution in [0.3, 0.4) is 0 Å². The van der Waals surface area contributed by atoms with Gasteiger partial charge in [-0.05, 0) is 36.4 Å². The number of hydrogen-bond donors (Lipinski definition) is 2. The Morgan fingerprint density at radius 1 is 0.897 bits per heavy atom. The van der Waals surface area contributed by atoms with Crippen molar-refractivity contribution < 1.29 is 17.6 Å². The molecule has 0 aliphatic heterocycles. The zero-order valence-corrected chi connectivity index (χ0v) is 16.5. The minimum Gasteiger partial charge on any atom is -0.443 e. The fourth-order valence-corrected chi connectivity index (χ4v) is 4.02. The van der Waals surface area contributed by atoms with Crippen LogP contribution in [-0.2, 0) is 10.0 Å². The molecular formula is C21H15ClN2O4S. The Hall–Kier alpha value is -3.29. The number of anilines is 2.